The molecule has 2 aromatic carbocycles. The van der Waals surface area contributed by atoms with Crippen molar-refractivity contribution in [1.82, 2.24) is 0 Å². The number of halogens is 6. The summed E-state index contributed by atoms with van der Waals surface area (Å²) in [7, 11) is 0. The van der Waals surface area contributed by atoms with Gasteiger partial charge < -0.3 is 20.0 Å². The Morgan fingerprint density at radius 2 is 0.951 bits per heavy atom. The third kappa shape index (κ3) is 7.21. The SMILES string of the molecule is CCN(CC)c1cc(C(CC(F)(F)F)(CC(F)(F)F)c2cc(N(CC)CC)c(O)c([N+](=O)[O-])c2)cc([N+](=O)[O-])c1O. The van der Waals surface area contributed by atoms with Gasteiger partial charge in [0.25, 0.3) is 0 Å². The van der Waals surface area contributed by atoms with E-state index < -0.39 is 74.5 Å². The van der Waals surface area contributed by atoms with Gasteiger partial charge in [0.05, 0.1) is 34.1 Å². The van der Waals surface area contributed by atoms with E-state index in [9.17, 15) is 56.8 Å². The summed E-state index contributed by atoms with van der Waals surface area (Å²) in [5.74, 6) is -1.92. The number of nitro groups is 2. The summed E-state index contributed by atoms with van der Waals surface area (Å²) in [4.78, 5) is 24.0. The molecule has 2 N–H and O–H groups in total. The van der Waals surface area contributed by atoms with Gasteiger partial charge in [-0.2, -0.15) is 26.3 Å². The van der Waals surface area contributed by atoms with Crippen LogP contribution in [0.15, 0.2) is 24.3 Å². The van der Waals surface area contributed by atoms with Gasteiger partial charge >= 0.3 is 23.7 Å². The standard InChI is InChI=1S/C25H30F6N4O6/c1-5-32(6-2)17-9-15(11-19(21(17)36)34(38)39)23(13-24(26,27)28,14-25(29,30)31)16-10-18(33(7-3)8-4)22(37)20(12-16)35(40)41/h9-12,36-37H,5-8,13-14H2,1-4H3. The number of aromatic hydroxyl groups is 2. The Kier molecular flexibility index (Phi) is 9.94. The van der Waals surface area contributed by atoms with Gasteiger partial charge in [0, 0.05) is 43.7 Å². The van der Waals surface area contributed by atoms with E-state index in [-0.39, 0.29) is 37.6 Å². The monoisotopic (exact) mass is 596 g/mol. The Balaban J connectivity index is 3.27. The van der Waals surface area contributed by atoms with Crippen molar-refractivity contribution in [1.29, 1.82) is 0 Å². The van der Waals surface area contributed by atoms with Gasteiger partial charge in [-0.1, -0.05) is 0 Å². The van der Waals surface area contributed by atoms with Crippen molar-refractivity contribution in [3.8, 4) is 11.5 Å². The van der Waals surface area contributed by atoms with Gasteiger partial charge in [-0.15, -0.1) is 0 Å². The van der Waals surface area contributed by atoms with Crippen molar-refractivity contribution < 1.29 is 46.4 Å². The molecule has 0 aliphatic rings. The molecule has 41 heavy (non-hydrogen) atoms. The summed E-state index contributed by atoms with van der Waals surface area (Å²) in [6.45, 7) is 6.53. The minimum atomic E-state index is -5.31. The fraction of sp³-hybridized carbons (Fsp3) is 0.520. The lowest BCUT2D eigenvalue weighted by atomic mass is 9.68. The van der Waals surface area contributed by atoms with Crippen LogP contribution in [0.25, 0.3) is 0 Å². The summed E-state index contributed by atoms with van der Waals surface area (Å²) >= 11 is 0. The third-order valence-corrected chi connectivity index (χ3v) is 6.85. The van der Waals surface area contributed by atoms with Crippen LogP contribution in [0.5, 0.6) is 11.5 Å². The van der Waals surface area contributed by atoms with Crippen molar-refractivity contribution in [2.24, 2.45) is 0 Å². The van der Waals surface area contributed by atoms with Crippen molar-refractivity contribution in [3.05, 3.63) is 55.6 Å². The minimum absolute atomic E-state index is 0.0764. The summed E-state index contributed by atoms with van der Waals surface area (Å²) in [5.41, 5.74) is -7.94. The molecule has 0 amide bonds. The van der Waals surface area contributed by atoms with Gasteiger partial charge in [-0.25, -0.2) is 0 Å². The molecule has 0 unspecified atom stereocenters. The Morgan fingerprint density at radius 3 is 1.17 bits per heavy atom. The normalized spacial score (nSPS) is 12.3. The maximum Gasteiger partial charge on any atom is 0.390 e. The number of nitrogens with zero attached hydrogens (tertiary/aromatic N) is 4. The molecule has 0 radical (unpaired) electrons. The highest BCUT2D eigenvalue weighted by Gasteiger charge is 2.52. The molecule has 0 aliphatic heterocycles. The fourth-order valence-electron chi connectivity index (χ4n) is 4.97. The number of hydrogen-bond acceptors (Lipinski definition) is 8. The Morgan fingerprint density at radius 1 is 0.659 bits per heavy atom. The van der Waals surface area contributed by atoms with Crippen molar-refractivity contribution >= 4 is 22.7 Å². The van der Waals surface area contributed by atoms with Crippen LogP contribution in [0.4, 0.5) is 49.1 Å². The number of anilines is 2. The van der Waals surface area contributed by atoms with E-state index in [2.05, 4.69) is 0 Å². The summed E-state index contributed by atoms with van der Waals surface area (Å²) in [6.07, 6.45) is -15.1. The highest BCUT2D eigenvalue weighted by atomic mass is 19.4. The van der Waals surface area contributed by atoms with Gasteiger partial charge in [0.2, 0.25) is 11.5 Å². The van der Waals surface area contributed by atoms with Crippen molar-refractivity contribution in [2.75, 3.05) is 36.0 Å². The fourth-order valence-corrected chi connectivity index (χ4v) is 4.97. The lowest BCUT2D eigenvalue weighted by Crippen LogP contribution is -2.39. The first kappa shape index (κ1) is 33.2. The number of alkyl halides is 6. The molecule has 0 aromatic heterocycles. The molecule has 0 bridgehead atoms. The van der Waals surface area contributed by atoms with Crippen LogP contribution in [0.3, 0.4) is 0 Å². The first-order chi connectivity index (χ1) is 18.8. The molecule has 228 valence electrons. The molecular weight excluding hydrogens is 566 g/mol. The van der Waals surface area contributed by atoms with Crippen LogP contribution in [0, 0.1) is 20.2 Å². The Bertz CT molecular complexity index is 1180. The van der Waals surface area contributed by atoms with E-state index in [0.29, 0.717) is 12.1 Å². The molecule has 16 heteroatoms. The first-order valence-electron chi connectivity index (χ1n) is 12.5. The largest absolute Gasteiger partial charge is 0.501 e. The number of nitro benzene ring substituents is 2. The molecule has 0 aliphatic carbocycles. The van der Waals surface area contributed by atoms with Crippen LogP contribution >= 0.6 is 0 Å². The maximum absolute atomic E-state index is 14.2. The van der Waals surface area contributed by atoms with Crippen molar-refractivity contribution in [3.63, 3.8) is 0 Å². The molecule has 0 spiro atoms. The predicted molar refractivity (Wildman–Crippen MR) is 139 cm³/mol. The number of phenolic OH excluding ortho intramolecular Hbond substituents is 2. The second-order valence-electron chi connectivity index (χ2n) is 9.25. The second-order valence-corrected chi connectivity index (χ2v) is 9.25. The highest BCUT2D eigenvalue weighted by molar-refractivity contribution is 5.73. The van der Waals surface area contributed by atoms with Crippen molar-refractivity contribution in [2.45, 2.75) is 58.3 Å². The quantitative estimate of drug-likeness (QED) is 0.155. The van der Waals surface area contributed by atoms with E-state index >= 15 is 0 Å². The second kappa shape index (κ2) is 12.3. The molecular formula is C25H30F6N4O6. The van der Waals surface area contributed by atoms with E-state index in [1.165, 1.54) is 9.80 Å². The van der Waals surface area contributed by atoms with E-state index in [4.69, 9.17) is 0 Å². The van der Waals surface area contributed by atoms with Gasteiger partial charge in [-0.05, 0) is 51.0 Å². The number of rotatable bonds is 12. The molecule has 0 saturated carbocycles. The molecule has 0 fully saturated rings. The molecule has 2 aromatic rings. The van der Waals surface area contributed by atoms with Gasteiger partial charge in [-0.3, -0.25) is 20.2 Å². The van der Waals surface area contributed by atoms with Crippen LogP contribution in [0.1, 0.15) is 51.7 Å². The Hall–Kier alpha value is -3.98. The minimum Gasteiger partial charge on any atom is -0.501 e. The van der Waals surface area contributed by atoms with Gasteiger partial charge in [0.1, 0.15) is 0 Å². The average molecular weight is 597 g/mol. The summed E-state index contributed by atoms with van der Waals surface area (Å²) in [5, 5.41) is 44.8. The first-order valence-corrected chi connectivity index (χ1v) is 12.5. The average Bonchev–Trinajstić information content (AvgIpc) is 2.84. The van der Waals surface area contributed by atoms with E-state index in [0.717, 1.165) is 12.1 Å². The zero-order valence-corrected chi connectivity index (χ0v) is 22.6. The molecule has 10 nitrogen and oxygen atoms in total. The number of hydrogen-bond donors (Lipinski definition) is 2. The zero-order valence-electron chi connectivity index (χ0n) is 22.6. The van der Waals surface area contributed by atoms with E-state index in [1.54, 1.807) is 27.7 Å². The molecule has 0 heterocycles. The predicted octanol–water partition coefficient (Wildman–Crippen LogP) is 6.80. The zero-order chi connectivity index (χ0) is 31.5. The van der Waals surface area contributed by atoms with E-state index in [1.807, 2.05) is 0 Å². The summed E-state index contributed by atoms with van der Waals surface area (Å²) < 4.78 is 85.2. The lowest BCUT2D eigenvalue weighted by molar-refractivity contribution is -0.385. The highest BCUT2D eigenvalue weighted by Crippen LogP contribution is 2.54. The van der Waals surface area contributed by atoms with Crippen LogP contribution in [-0.2, 0) is 5.41 Å². The maximum atomic E-state index is 14.2. The van der Waals surface area contributed by atoms with Gasteiger partial charge in [0.15, 0.2) is 0 Å². The molecule has 0 saturated heterocycles. The van der Waals surface area contributed by atoms with Crippen LogP contribution in [0.2, 0.25) is 0 Å². The topological polar surface area (TPSA) is 133 Å². The lowest BCUT2D eigenvalue weighted by Gasteiger charge is -2.38. The number of benzene rings is 2. The smallest absolute Gasteiger partial charge is 0.390 e. The Labute approximate surface area is 231 Å². The van der Waals surface area contributed by atoms with Crippen LogP contribution < -0.4 is 9.80 Å². The number of phenols is 2. The molecule has 0 atom stereocenters. The van der Waals surface area contributed by atoms with Crippen LogP contribution in [-0.4, -0.2) is 58.6 Å². The summed E-state index contributed by atoms with van der Waals surface area (Å²) in [6, 6.07) is 2.47. The third-order valence-electron chi connectivity index (χ3n) is 6.85. The molecule has 2 rings (SSSR count).